The first-order chi connectivity index (χ1) is 12.8. The van der Waals surface area contributed by atoms with Gasteiger partial charge in [-0.15, -0.1) is 0 Å². The van der Waals surface area contributed by atoms with Gasteiger partial charge in [0.1, 0.15) is 11.5 Å². The third-order valence-corrected chi connectivity index (χ3v) is 5.90. The molecule has 2 fully saturated rings. The lowest BCUT2D eigenvalue weighted by Gasteiger charge is -2.20. The van der Waals surface area contributed by atoms with Crippen LogP contribution in [0.25, 0.3) is 0 Å². The maximum absolute atomic E-state index is 6.06. The maximum atomic E-state index is 6.06. The van der Waals surface area contributed by atoms with Gasteiger partial charge in [-0.05, 0) is 69.1 Å². The molecule has 0 aliphatic heterocycles. The quantitative estimate of drug-likeness (QED) is 0.775. The van der Waals surface area contributed by atoms with E-state index < -0.39 is 0 Å². The molecule has 2 aliphatic carbocycles. The molecule has 0 saturated heterocycles. The van der Waals surface area contributed by atoms with Gasteiger partial charge in [-0.3, -0.25) is 0 Å². The number of aromatic nitrogens is 1. The van der Waals surface area contributed by atoms with Crippen LogP contribution in [0.2, 0.25) is 0 Å². The van der Waals surface area contributed by atoms with Gasteiger partial charge in [0.15, 0.2) is 0 Å². The van der Waals surface area contributed by atoms with Crippen molar-refractivity contribution in [2.24, 2.45) is 5.92 Å². The molecule has 0 radical (unpaired) electrons. The fraction of sp³-hybridized carbons (Fsp3) is 0.591. The zero-order valence-corrected chi connectivity index (χ0v) is 15.7. The summed E-state index contributed by atoms with van der Waals surface area (Å²) in [5.74, 6) is 2.68. The van der Waals surface area contributed by atoms with E-state index in [1.807, 2.05) is 6.92 Å². The van der Waals surface area contributed by atoms with Crippen LogP contribution in [-0.4, -0.2) is 17.3 Å². The van der Waals surface area contributed by atoms with Crippen molar-refractivity contribution in [1.82, 2.24) is 10.5 Å². The first-order valence-corrected chi connectivity index (χ1v) is 10.2. The largest absolute Gasteiger partial charge is 0.490 e. The monoisotopic (exact) mass is 354 g/mol. The Labute approximate surface area is 156 Å². The number of aryl methyl sites for hydroxylation is 1. The lowest BCUT2D eigenvalue weighted by Crippen LogP contribution is -2.32. The third kappa shape index (κ3) is 4.47. The van der Waals surface area contributed by atoms with Crippen LogP contribution in [0.3, 0.4) is 0 Å². The Kier molecular flexibility index (Phi) is 5.59. The predicted molar refractivity (Wildman–Crippen MR) is 102 cm³/mol. The SMILES string of the molecule is Cc1cc(C[C@@H]2CCC[C@H]2NCc2ccc(OC3CCCC3)cc2)on1. The van der Waals surface area contributed by atoms with E-state index in [-0.39, 0.29) is 0 Å². The Morgan fingerprint density at radius 1 is 1.08 bits per heavy atom. The summed E-state index contributed by atoms with van der Waals surface area (Å²) >= 11 is 0. The van der Waals surface area contributed by atoms with E-state index in [1.54, 1.807) is 0 Å². The van der Waals surface area contributed by atoms with Gasteiger partial charge in [-0.2, -0.15) is 0 Å². The zero-order chi connectivity index (χ0) is 17.8. The molecule has 1 heterocycles. The minimum Gasteiger partial charge on any atom is -0.490 e. The first kappa shape index (κ1) is 17.6. The second-order valence-corrected chi connectivity index (χ2v) is 7.99. The van der Waals surface area contributed by atoms with E-state index in [2.05, 4.69) is 40.8 Å². The lowest BCUT2D eigenvalue weighted by molar-refractivity contribution is 0.210. The molecule has 1 aromatic carbocycles. The van der Waals surface area contributed by atoms with Crippen LogP contribution in [0.5, 0.6) is 5.75 Å². The van der Waals surface area contributed by atoms with Crippen molar-refractivity contribution in [2.75, 3.05) is 0 Å². The molecule has 4 nitrogen and oxygen atoms in total. The highest BCUT2D eigenvalue weighted by Crippen LogP contribution is 2.29. The van der Waals surface area contributed by atoms with Gasteiger partial charge in [-0.1, -0.05) is 23.7 Å². The summed E-state index contributed by atoms with van der Waals surface area (Å²) in [5.41, 5.74) is 2.30. The maximum Gasteiger partial charge on any atom is 0.137 e. The van der Waals surface area contributed by atoms with Crippen molar-refractivity contribution in [3.8, 4) is 5.75 Å². The fourth-order valence-corrected chi connectivity index (χ4v) is 4.45. The molecule has 26 heavy (non-hydrogen) atoms. The number of nitrogens with zero attached hydrogens (tertiary/aromatic N) is 1. The number of hydrogen-bond donors (Lipinski definition) is 1. The van der Waals surface area contributed by atoms with Crippen molar-refractivity contribution >= 4 is 0 Å². The van der Waals surface area contributed by atoms with Crippen LogP contribution in [0.15, 0.2) is 34.9 Å². The topological polar surface area (TPSA) is 47.3 Å². The number of nitrogens with one attached hydrogen (secondary N) is 1. The molecule has 4 heteroatoms. The molecule has 0 bridgehead atoms. The van der Waals surface area contributed by atoms with E-state index in [0.29, 0.717) is 18.1 Å². The summed E-state index contributed by atoms with van der Waals surface area (Å²) in [5, 5.41) is 7.78. The third-order valence-electron chi connectivity index (χ3n) is 5.90. The Balaban J connectivity index is 1.27. The molecular formula is C22H30N2O2. The normalized spacial score (nSPS) is 23.6. The summed E-state index contributed by atoms with van der Waals surface area (Å²) in [6, 6.07) is 11.3. The Hall–Kier alpha value is -1.81. The Bertz CT molecular complexity index is 688. The smallest absolute Gasteiger partial charge is 0.137 e. The van der Waals surface area contributed by atoms with Gasteiger partial charge >= 0.3 is 0 Å². The molecule has 1 N–H and O–H groups in total. The van der Waals surface area contributed by atoms with Gasteiger partial charge in [0.2, 0.25) is 0 Å². The summed E-state index contributed by atoms with van der Waals surface area (Å²) in [6.07, 6.45) is 10.3. The minimum atomic E-state index is 0.429. The van der Waals surface area contributed by atoms with Crippen LogP contribution in [-0.2, 0) is 13.0 Å². The van der Waals surface area contributed by atoms with Crippen LogP contribution < -0.4 is 10.1 Å². The van der Waals surface area contributed by atoms with Gasteiger partial charge in [0.05, 0.1) is 11.8 Å². The molecule has 0 unspecified atom stereocenters. The highest BCUT2D eigenvalue weighted by Gasteiger charge is 2.28. The van der Waals surface area contributed by atoms with Crippen molar-refractivity contribution in [2.45, 2.75) is 77.0 Å². The molecule has 4 rings (SSSR count). The van der Waals surface area contributed by atoms with Gasteiger partial charge in [-0.25, -0.2) is 0 Å². The number of hydrogen-bond acceptors (Lipinski definition) is 4. The van der Waals surface area contributed by atoms with E-state index in [4.69, 9.17) is 9.26 Å². The van der Waals surface area contributed by atoms with E-state index >= 15 is 0 Å². The molecule has 140 valence electrons. The van der Waals surface area contributed by atoms with Gasteiger partial charge in [0, 0.05) is 25.1 Å². The molecule has 2 saturated carbocycles. The van der Waals surface area contributed by atoms with Crippen molar-refractivity contribution in [3.05, 3.63) is 47.3 Å². The van der Waals surface area contributed by atoms with E-state index in [0.717, 1.165) is 30.2 Å². The lowest BCUT2D eigenvalue weighted by atomic mass is 9.97. The number of benzene rings is 1. The molecule has 2 atom stereocenters. The standard InChI is InChI=1S/C22H30N2O2/c1-16-13-21(26-24-16)14-18-5-4-8-22(18)23-15-17-9-11-20(12-10-17)25-19-6-2-3-7-19/h9-13,18-19,22-23H,2-8,14-15H2,1H3/t18-,22+/m0/s1. The fourth-order valence-electron chi connectivity index (χ4n) is 4.45. The van der Waals surface area contributed by atoms with Crippen LogP contribution in [0.1, 0.15) is 62.0 Å². The predicted octanol–water partition coefficient (Wildman–Crippen LogP) is 4.81. The van der Waals surface area contributed by atoms with E-state index in [1.165, 1.54) is 50.5 Å². The van der Waals surface area contributed by atoms with Crippen LogP contribution >= 0.6 is 0 Å². The number of ether oxygens (including phenoxy) is 1. The summed E-state index contributed by atoms with van der Waals surface area (Å²) < 4.78 is 11.5. The first-order valence-electron chi connectivity index (χ1n) is 10.2. The Morgan fingerprint density at radius 2 is 1.88 bits per heavy atom. The van der Waals surface area contributed by atoms with Crippen molar-refractivity contribution in [3.63, 3.8) is 0 Å². The Morgan fingerprint density at radius 3 is 2.62 bits per heavy atom. The zero-order valence-electron chi connectivity index (χ0n) is 15.7. The van der Waals surface area contributed by atoms with Crippen LogP contribution in [0, 0.1) is 12.8 Å². The second kappa shape index (κ2) is 8.26. The number of rotatable bonds is 7. The molecule has 0 spiro atoms. The summed E-state index contributed by atoms with van der Waals surface area (Å²) in [7, 11) is 0. The molecule has 1 aromatic heterocycles. The summed E-state index contributed by atoms with van der Waals surface area (Å²) in [6.45, 7) is 2.90. The van der Waals surface area contributed by atoms with Crippen molar-refractivity contribution < 1.29 is 9.26 Å². The van der Waals surface area contributed by atoms with Crippen molar-refractivity contribution in [1.29, 1.82) is 0 Å². The van der Waals surface area contributed by atoms with Crippen LogP contribution in [0.4, 0.5) is 0 Å². The van der Waals surface area contributed by atoms with E-state index in [9.17, 15) is 0 Å². The molecular weight excluding hydrogens is 324 g/mol. The molecule has 0 amide bonds. The highest BCUT2D eigenvalue weighted by molar-refractivity contribution is 5.27. The average Bonchev–Trinajstić information content (AvgIpc) is 3.38. The molecule has 2 aliphatic rings. The minimum absolute atomic E-state index is 0.429. The highest BCUT2D eigenvalue weighted by atomic mass is 16.5. The average molecular weight is 354 g/mol. The second-order valence-electron chi connectivity index (χ2n) is 7.99. The molecule has 2 aromatic rings. The van der Waals surface area contributed by atoms with Gasteiger partial charge in [0.25, 0.3) is 0 Å². The summed E-state index contributed by atoms with van der Waals surface area (Å²) in [4.78, 5) is 0. The van der Waals surface area contributed by atoms with Gasteiger partial charge < -0.3 is 14.6 Å².